The van der Waals surface area contributed by atoms with E-state index < -0.39 is 29.2 Å². The molecule has 2 aliphatic rings. The summed E-state index contributed by atoms with van der Waals surface area (Å²) >= 11 is 2.61. The molecule has 2 amide bonds. The van der Waals surface area contributed by atoms with Crippen LogP contribution in [0.25, 0.3) is 0 Å². The largest absolute Gasteiger partial charge is 0.477 e. The van der Waals surface area contributed by atoms with Gasteiger partial charge in [-0.05, 0) is 17.7 Å². The monoisotopic (exact) mass is 467 g/mol. The minimum atomic E-state index is -1.22. The molecular weight excluding hydrogens is 454 g/mol. The minimum absolute atomic E-state index is 0.0366. The summed E-state index contributed by atoms with van der Waals surface area (Å²) in [4.78, 5) is 37.9. The molecule has 2 aromatic rings. The lowest BCUT2D eigenvalue weighted by molar-refractivity contribution is -0.150. The summed E-state index contributed by atoms with van der Waals surface area (Å²) in [5.74, 6) is -1.69. The van der Waals surface area contributed by atoms with Crippen LogP contribution in [0.1, 0.15) is 5.76 Å². The zero-order chi connectivity index (χ0) is 21.3. The lowest BCUT2D eigenvalue weighted by Crippen LogP contribution is -2.71. The van der Waals surface area contributed by atoms with E-state index in [1.807, 2.05) is 0 Å². The van der Waals surface area contributed by atoms with E-state index in [-0.39, 0.29) is 27.6 Å². The van der Waals surface area contributed by atoms with Crippen molar-refractivity contribution < 1.29 is 28.1 Å². The highest BCUT2D eigenvalue weighted by atomic mass is 32.2. The molecule has 156 valence electrons. The van der Waals surface area contributed by atoms with Gasteiger partial charge in [-0.3, -0.25) is 14.5 Å². The summed E-state index contributed by atoms with van der Waals surface area (Å²) in [7, 11) is 0. The predicted octanol–water partition coefficient (Wildman–Crippen LogP) is -0.338. The molecule has 14 heteroatoms. The van der Waals surface area contributed by atoms with Gasteiger partial charge in [0.15, 0.2) is 10.6 Å². The number of furan rings is 1. The Kier molecular flexibility index (Phi) is 5.78. The first kappa shape index (κ1) is 20.4. The molecule has 0 aliphatic carbocycles. The van der Waals surface area contributed by atoms with Crippen LogP contribution in [0.4, 0.5) is 0 Å². The van der Waals surface area contributed by atoms with Gasteiger partial charge in [-0.15, -0.1) is 16.9 Å². The first-order valence-corrected chi connectivity index (χ1v) is 11.2. The van der Waals surface area contributed by atoms with Crippen molar-refractivity contribution in [3.05, 3.63) is 41.6 Å². The molecule has 4 heterocycles. The Balaban J connectivity index is 1.49. The average Bonchev–Trinajstić information content (AvgIpc) is 3.44. The lowest BCUT2D eigenvalue weighted by Gasteiger charge is -2.49. The highest BCUT2D eigenvalue weighted by Crippen LogP contribution is 2.41. The topological polar surface area (TPSA) is 158 Å². The summed E-state index contributed by atoms with van der Waals surface area (Å²) in [5.41, 5.74) is 0.492. The fraction of sp³-hybridized carbons (Fsp3) is 0.250. The van der Waals surface area contributed by atoms with E-state index in [9.17, 15) is 23.7 Å². The number of aromatic amines is 1. The quantitative estimate of drug-likeness (QED) is 0.213. The van der Waals surface area contributed by atoms with Gasteiger partial charge in [0.2, 0.25) is 0 Å². The summed E-state index contributed by atoms with van der Waals surface area (Å²) in [6.45, 7) is 0. The fourth-order valence-corrected chi connectivity index (χ4v) is 5.62. The van der Waals surface area contributed by atoms with Crippen molar-refractivity contribution in [2.45, 2.75) is 16.4 Å². The first-order valence-electron chi connectivity index (χ1n) is 8.41. The number of nitrogens with one attached hydrogen (secondary N) is 2. The minimum Gasteiger partial charge on any atom is -0.477 e. The van der Waals surface area contributed by atoms with E-state index in [4.69, 9.17) is 4.42 Å². The van der Waals surface area contributed by atoms with Crippen molar-refractivity contribution in [3.63, 3.8) is 0 Å². The molecule has 2 aliphatic heterocycles. The molecule has 4 rings (SSSR count). The number of carbonyl (C=O) groups is 3. The number of amides is 2. The van der Waals surface area contributed by atoms with Crippen molar-refractivity contribution in [3.8, 4) is 0 Å². The second-order valence-electron chi connectivity index (χ2n) is 6.10. The normalized spacial score (nSPS) is 20.4. The van der Waals surface area contributed by atoms with Gasteiger partial charge < -0.3 is 14.8 Å². The summed E-state index contributed by atoms with van der Waals surface area (Å²) in [5, 5.41) is 22.3. The third kappa shape index (κ3) is 3.68. The van der Waals surface area contributed by atoms with E-state index in [2.05, 4.69) is 20.7 Å². The van der Waals surface area contributed by atoms with Gasteiger partial charge >= 0.3 is 5.97 Å². The SMILES string of the molecule is O=S=C(C(=O)NC1C(=O)N2C(C(=O)O)=C(CSc3cn[nH]n3)CS[C@H]12)c1ccco1. The second-order valence-corrected chi connectivity index (χ2v) is 8.78. The smallest absolute Gasteiger partial charge is 0.352 e. The van der Waals surface area contributed by atoms with Gasteiger partial charge in [-0.1, -0.05) is 11.8 Å². The molecule has 1 fully saturated rings. The third-order valence-electron chi connectivity index (χ3n) is 4.36. The number of aromatic nitrogens is 3. The summed E-state index contributed by atoms with van der Waals surface area (Å²) in [6.07, 6.45) is 2.85. The number of H-pyrrole nitrogens is 1. The molecule has 2 aromatic heterocycles. The van der Waals surface area contributed by atoms with Crippen LogP contribution in [0.2, 0.25) is 0 Å². The molecule has 0 bridgehead atoms. The van der Waals surface area contributed by atoms with Gasteiger partial charge in [-0.25, -0.2) is 9.00 Å². The van der Waals surface area contributed by atoms with Crippen molar-refractivity contribution in [2.75, 3.05) is 11.5 Å². The molecule has 1 saturated heterocycles. The lowest BCUT2D eigenvalue weighted by atomic mass is 10.0. The molecule has 0 radical (unpaired) electrons. The molecule has 2 atom stereocenters. The number of carboxylic acids is 1. The molecule has 0 spiro atoms. The Morgan fingerprint density at radius 1 is 1.47 bits per heavy atom. The van der Waals surface area contributed by atoms with Crippen LogP contribution in [0.5, 0.6) is 0 Å². The number of fused-ring (bicyclic) bond motifs is 1. The number of aliphatic carboxylic acids is 1. The van der Waals surface area contributed by atoms with Crippen LogP contribution < -0.4 is 5.32 Å². The van der Waals surface area contributed by atoms with Crippen LogP contribution in [-0.4, -0.2) is 75.2 Å². The third-order valence-corrected chi connectivity index (χ3v) is 7.24. The average molecular weight is 468 g/mol. The molecule has 1 unspecified atom stereocenters. The zero-order valence-corrected chi connectivity index (χ0v) is 17.4. The van der Waals surface area contributed by atoms with Crippen molar-refractivity contribution in [2.24, 2.45) is 0 Å². The Hall–Kier alpha value is -2.84. The number of carbonyl (C=O) groups excluding carboxylic acids is 2. The molecule has 30 heavy (non-hydrogen) atoms. The van der Waals surface area contributed by atoms with Crippen LogP contribution in [-0.2, 0) is 25.6 Å². The zero-order valence-electron chi connectivity index (χ0n) is 14.9. The maximum Gasteiger partial charge on any atom is 0.352 e. The maximum absolute atomic E-state index is 12.7. The van der Waals surface area contributed by atoms with Crippen LogP contribution in [0.3, 0.4) is 0 Å². The Labute approximate surface area is 180 Å². The number of β-lactam (4-membered cyclic amide) rings is 1. The predicted molar refractivity (Wildman–Crippen MR) is 108 cm³/mol. The summed E-state index contributed by atoms with van der Waals surface area (Å²) < 4.78 is 16.4. The number of carboxylic acid groups (broad SMARTS) is 1. The second kappa shape index (κ2) is 8.49. The van der Waals surface area contributed by atoms with Crippen molar-refractivity contribution in [1.82, 2.24) is 25.6 Å². The van der Waals surface area contributed by atoms with E-state index in [0.29, 0.717) is 22.1 Å². The standard InChI is InChI=1S/C16H13N5O6S3/c22-13(12(30-26)8-2-1-3-27-8)18-10-14(23)21-11(16(24)25)7(6-29-15(10)21)5-28-9-4-17-20-19-9/h1-4,10,15H,5-6H2,(H,18,22)(H,24,25)(H,17,19,20)/t10?,15-/m1/s1. The van der Waals surface area contributed by atoms with Crippen molar-refractivity contribution >= 4 is 57.4 Å². The van der Waals surface area contributed by atoms with Crippen LogP contribution in [0.15, 0.2) is 45.3 Å². The Morgan fingerprint density at radius 3 is 2.93 bits per heavy atom. The molecule has 0 saturated carbocycles. The molecule has 0 aromatic carbocycles. The fourth-order valence-electron chi connectivity index (χ4n) is 3.02. The number of hydrogen-bond donors (Lipinski definition) is 3. The number of thioether (sulfide) groups is 2. The van der Waals surface area contributed by atoms with E-state index in [0.717, 1.165) is 0 Å². The highest BCUT2D eigenvalue weighted by molar-refractivity contribution is 8.01. The highest BCUT2D eigenvalue weighted by Gasteiger charge is 2.54. The van der Waals surface area contributed by atoms with E-state index in [1.165, 1.54) is 53.0 Å². The molecule has 11 nitrogen and oxygen atoms in total. The van der Waals surface area contributed by atoms with E-state index in [1.54, 1.807) is 0 Å². The number of hydrogen-bond acceptors (Lipinski definition) is 9. The van der Waals surface area contributed by atoms with E-state index >= 15 is 0 Å². The van der Waals surface area contributed by atoms with Gasteiger partial charge in [0.25, 0.3) is 11.8 Å². The van der Waals surface area contributed by atoms with Gasteiger partial charge in [-0.2, -0.15) is 10.3 Å². The number of rotatable bonds is 7. The van der Waals surface area contributed by atoms with Gasteiger partial charge in [0.1, 0.15) is 33.4 Å². The summed E-state index contributed by atoms with van der Waals surface area (Å²) in [6, 6.07) is 2.07. The molecule has 3 N–H and O–H groups in total. The Morgan fingerprint density at radius 2 is 2.30 bits per heavy atom. The van der Waals surface area contributed by atoms with Crippen molar-refractivity contribution in [1.29, 1.82) is 0 Å². The first-order chi connectivity index (χ1) is 14.5. The van der Waals surface area contributed by atoms with Gasteiger partial charge in [0.05, 0.1) is 12.5 Å². The van der Waals surface area contributed by atoms with Gasteiger partial charge in [0, 0.05) is 11.5 Å². The number of nitrogens with zero attached hydrogens (tertiary/aromatic N) is 3. The van der Waals surface area contributed by atoms with Crippen LogP contribution in [0, 0.1) is 0 Å². The van der Waals surface area contributed by atoms with Crippen LogP contribution >= 0.6 is 23.5 Å². The Bertz CT molecular complexity index is 1080. The molecular formula is C16H13N5O6S3. The maximum atomic E-state index is 12.7.